The zero-order valence-electron chi connectivity index (χ0n) is 20.2. The topological polar surface area (TPSA) is 61.3 Å². The Hall–Kier alpha value is -0.120. The molecule has 0 radical (unpaired) electrons. The molecule has 4 aliphatic rings. The van der Waals surface area contributed by atoms with Crippen molar-refractivity contribution in [3.63, 3.8) is 0 Å². The van der Waals surface area contributed by atoms with Gasteiger partial charge in [-0.1, -0.05) is 20.8 Å². The number of fused-ring (bicyclic) bond motifs is 5. The number of hydrogen-bond donors (Lipinski definition) is 2. The molecule has 4 N–H and O–H groups in total. The van der Waals surface area contributed by atoms with Crippen molar-refractivity contribution in [1.82, 2.24) is 0 Å². The largest absolute Gasteiger partial charge is 0.378 e. The molecule has 0 aromatic carbocycles. The summed E-state index contributed by atoms with van der Waals surface area (Å²) in [7, 11) is 0. The number of hydrogen-bond acceptors (Lipinski definition) is 3. The Labute approximate surface area is 186 Å². The fraction of sp³-hybridized carbons (Fsp3) is 1.00. The molecule has 4 fully saturated rings. The lowest BCUT2D eigenvalue weighted by Crippen LogP contribution is -2.54. The van der Waals surface area contributed by atoms with Crippen molar-refractivity contribution in [3.8, 4) is 0 Å². The van der Waals surface area contributed by atoms with Crippen LogP contribution in [0.3, 0.4) is 0 Å². The van der Waals surface area contributed by atoms with Crippen LogP contribution in [0.15, 0.2) is 0 Å². The van der Waals surface area contributed by atoms with Gasteiger partial charge in [0.2, 0.25) is 0 Å². The third kappa shape index (κ3) is 4.01. The Balaban J connectivity index is 1.43. The van der Waals surface area contributed by atoms with Crippen LogP contribution in [-0.2, 0) is 4.74 Å². The van der Waals surface area contributed by atoms with Crippen molar-refractivity contribution in [1.29, 1.82) is 0 Å². The summed E-state index contributed by atoms with van der Waals surface area (Å²) >= 11 is 0. The average molecular weight is 419 g/mol. The van der Waals surface area contributed by atoms with Crippen LogP contribution in [-0.4, -0.2) is 25.8 Å². The maximum Gasteiger partial charge on any atom is 0.0578 e. The summed E-state index contributed by atoms with van der Waals surface area (Å²) < 4.78 is 6.22. The van der Waals surface area contributed by atoms with E-state index in [1.807, 2.05) is 0 Å². The predicted molar refractivity (Wildman–Crippen MR) is 126 cm³/mol. The van der Waals surface area contributed by atoms with Gasteiger partial charge in [0.05, 0.1) is 6.10 Å². The fourth-order valence-corrected chi connectivity index (χ4v) is 9.32. The van der Waals surface area contributed by atoms with Gasteiger partial charge in [0.1, 0.15) is 0 Å². The summed E-state index contributed by atoms with van der Waals surface area (Å²) in [5.41, 5.74) is 12.7. The predicted octanol–water partition coefficient (Wildman–Crippen LogP) is 5.75. The first-order valence-corrected chi connectivity index (χ1v) is 13.5. The van der Waals surface area contributed by atoms with Gasteiger partial charge in [-0.3, -0.25) is 0 Å². The normalized spacial score (nSPS) is 46.7. The van der Waals surface area contributed by atoms with Crippen LogP contribution in [0.25, 0.3) is 0 Å². The molecule has 4 aliphatic carbocycles. The SMILES string of the molecule is C[C@H](CCCN)C1CCC2C3CCC4CC(OCCCN)CC[C@]4(C)[C@H]3CC[C@@]21C. The Kier molecular flexibility index (Phi) is 7.22. The molecule has 0 aromatic heterocycles. The molecule has 4 saturated carbocycles. The van der Waals surface area contributed by atoms with Crippen molar-refractivity contribution in [2.45, 2.75) is 104 Å². The highest BCUT2D eigenvalue weighted by Gasteiger charge is 2.60. The van der Waals surface area contributed by atoms with Crippen molar-refractivity contribution in [2.24, 2.45) is 57.8 Å². The minimum Gasteiger partial charge on any atom is -0.378 e. The average Bonchev–Trinajstić information content (AvgIpc) is 3.09. The van der Waals surface area contributed by atoms with E-state index >= 15 is 0 Å². The standard InChI is InChI=1S/C27H50N2O/c1-19(6-4-15-28)23-9-10-24-22-8-7-20-18-21(30-17-5-16-29)11-13-26(20,2)25(22)12-14-27(23,24)3/h19-25H,4-18,28-29H2,1-3H3/t19-,20?,21?,22?,23?,24?,25+,26+,27-/m1/s1. The summed E-state index contributed by atoms with van der Waals surface area (Å²) in [5.74, 6) is 5.63. The van der Waals surface area contributed by atoms with E-state index in [2.05, 4.69) is 20.8 Å². The molecule has 5 unspecified atom stereocenters. The van der Waals surface area contributed by atoms with Gasteiger partial charge in [-0.25, -0.2) is 0 Å². The third-order valence-electron chi connectivity index (χ3n) is 10.9. The lowest BCUT2D eigenvalue weighted by atomic mass is 9.44. The van der Waals surface area contributed by atoms with Crippen LogP contribution >= 0.6 is 0 Å². The molecule has 0 saturated heterocycles. The van der Waals surface area contributed by atoms with E-state index in [1.54, 1.807) is 0 Å². The van der Waals surface area contributed by atoms with Gasteiger partial charge in [-0.15, -0.1) is 0 Å². The van der Waals surface area contributed by atoms with Crippen molar-refractivity contribution < 1.29 is 4.74 Å². The highest BCUT2D eigenvalue weighted by atomic mass is 16.5. The van der Waals surface area contributed by atoms with Crippen molar-refractivity contribution in [2.75, 3.05) is 19.7 Å². The van der Waals surface area contributed by atoms with E-state index in [0.29, 0.717) is 16.9 Å². The highest BCUT2D eigenvalue weighted by molar-refractivity contribution is 5.09. The summed E-state index contributed by atoms with van der Waals surface area (Å²) in [6, 6.07) is 0. The summed E-state index contributed by atoms with van der Waals surface area (Å²) in [4.78, 5) is 0. The Morgan fingerprint density at radius 3 is 2.37 bits per heavy atom. The van der Waals surface area contributed by atoms with Gasteiger partial charge in [-0.2, -0.15) is 0 Å². The second-order valence-electron chi connectivity index (χ2n) is 12.2. The van der Waals surface area contributed by atoms with E-state index in [4.69, 9.17) is 16.2 Å². The van der Waals surface area contributed by atoms with E-state index in [1.165, 1.54) is 70.6 Å². The van der Waals surface area contributed by atoms with Gasteiger partial charge >= 0.3 is 0 Å². The van der Waals surface area contributed by atoms with Crippen molar-refractivity contribution >= 4 is 0 Å². The molecule has 0 aromatic rings. The molecule has 30 heavy (non-hydrogen) atoms. The van der Waals surface area contributed by atoms with Gasteiger partial charge in [0.15, 0.2) is 0 Å². The van der Waals surface area contributed by atoms with Gasteiger partial charge in [-0.05, 0) is 136 Å². The minimum absolute atomic E-state index is 0.499. The second-order valence-corrected chi connectivity index (χ2v) is 12.2. The van der Waals surface area contributed by atoms with E-state index in [0.717, 1.165) is 61.6 Å². The highest BCUT2D eigenvalue weighted by Crippen LogP contribution is 2.68. The molecular weight excluding hydrogens is 368 g/mol. The first kappa shape index (κ1) is 23.1. The van der Waals surface area contributed by atoms with E-state index in [-0.39, 0.29) is 0 Å². The van der Waals surface area contributed by atoms with Crippen LogP contribution in [0.2, 0.25) is 0 Å². The molecule has 9 atom stereocenters. The summed E-state index contributed by atoms with van der Waals surface area (Å²) in [6.45, 7) is 10.4. The minimum atomic E-state index is 0.499. The molecule has 0 bridgehead atoms. The van der Waals surface area contributed by atoms with E-state index in [9.17, 15) is 0 Å². The quantitative estimate of drug-likeness (QED) is 0.493. The van der Waals surface area contributed by atoms with Crippen LogP contribution in [0.4, 0.5) is 0 Å². The Morgan fingerprint density at radius 2 is 1.60 bits per heavy atom. The number of ether oxygens (including phenoxy) is 1. The lowest BCUT2D eigenvalue weighted by molar-refractivity contribution is -0.136. The molecule has 0 amide bonds. The zero-order chi connectivity index (χ0) is 21.4. The van der Waals surface area contributed by atoms with Crippen LogP contribution < -0.4 is 11.5 Å². The number of rotatable bonds is 8. The first-order chi connectivity index (χ1) is 14.4. The Bertz CT molecular complexity index is 567. The monoisotopic (exact) mass is 418 g/mol. The molecule has 4 rings (SSSR count). The summed E-state index contributed by atoms with van der Waals surface area (Å²) in [6.07, 6.45) is 16.9. The molecule has 3 nitrogen and oxygen atoms in total. The molecule has 0 spiro atoms. The maximum absolute atomic E-state index is 6.22. The first-order valence-electron chi connectivity index (χ1n) is 13.5. The summed E-state index contributed by atoms with van der Waals surface area (Å²) in [5, 5.41) is 0. The van der Waals surface area contributed by atoms with Gasteiger partial charge < -0.3 is 16.2 Å². The molecule has 3 heteroatoms. The second kappa shape index (κ2) is 9.40. The van der Waals surface area contributed by atoms with Gasteiger partial charge in [0, 0.05) is 6.61 Å². The van der Waals surface area contributed by atoms with E-state index < -0.39 is 0 Å². The number of nitrogens with two attached hydrogens (primary N) is 2. The van der Waals surface area contributed by atoms with Crippen molar-refractivity contribution in [3.05, 3.63) is 0 Å². The van der Waals surface area contributed by atoms with Crippen LogP contribution in [0, 0.1) is 46.3 Å². The lowest BCUT2D eigenvalue weighted by Gasteiger charge is -2.61. The molecule has 0 heterocycles. The third-order valence-corrected chi connectivity index (χ3v) is 10.9. The Morgan fingerprint density at radius 1 is 0.867 bits per heavy atom. The van der Waals surface area contributed by atoms with Gasteiger partial charge in [0.25, 0.3) is 0 Å². The maximum atomic E-state index is 6.22. The molecular formula is C27H50N2O. The van der Waals surface area contributed by atoms with Crippen LogP contribution in [0.5, 0.6) is 0 Å². The molecule has 174 valence electrons. The smallest absolute Gasteiger partial charge is 0.0578 e. The fourth-order valence-electron chi connectivity index (χ4n) is 9.32. The molecule has 0 aliphatic heterocycles. The van der Waals surface area contributed by atoms with Crippen LogP contribution in [0.1, 0.15) is 97.8 Å². The zero-order valence-corrected chi connectivity index (χ0v) is 20.2.